The average Bonchev–Trinajstić information content (AvgIpc) is 3.06. The van der Waals surface area contributed by atoms with Crippen molar-refractivity contribution < 1.29 is 0 Å². The molecule has 2 fully saturated rings. The fraction of sp³-hybridized carbons (Fsp3) is 0.933. The Labute approximate surface area is 112 Å². The van der Waals surface area contributed by atoms with Crippen LogP contribution in [0.4, 0.5) is 0 Å². The number of hydrogen-bond donors (Lipinski definition) is 1. The summed E-state index contributed by atoms with van der Waals surface area (Å²) in [5.41, 5.74) is -0.227. The molecule has 0 aromatic heterocycles. The molecule has 18 heavy (non-hydrogen) atoms. The number of hydrogen-bond acceptors (Lipinski definition) is 3. The van der Waals surface area contributed by atoms with Crippen LogP contribution in [0.1, 0.15) is 52.4 Å². The first-order valence-electron chi connectivity index (χ1n) is 7.47. The highest BCUT2D eigenvalue weighted by Crippen LogP contribution is 2.35. The van der Waals surface area contributed by atoms with Gasteiger partial charge < -0.3 is 4.90 Å². The SMILES string of the molecule is CCC(C)CN(C)C1CCC(C#N)(NC2CC2)C1. The van der Waals surface area contributed by atoms with E-state index < -0.39 is 0 Å². The highest BCUT2D eigenvalue weighted by atomic mass is 15.2. The van der Waals surface area contributed by atoms with Crippen LogP contribution < -0.4 is 5.32 Å². The van der Waals surface area contributed by atoms with E-state index in [0.717, 1.165) is 25.3 Å². The lowest BCUT2D eigenvalue weighted by molar-refractivity contribution is 0.205. The Morgan fingerprint density at radius 1 is 1.44 bits per heavy atom. The monoisotopic (exact) mass is 249 g/mol. The first-order chi connectivity index (χ1) is 8.58. The van der Waals surface area contributed by atoms with Gasteiger partial charge in [-0.1, -0.05) is 20.3 Å². The molecule has 0 spiro atoms. The fourth-order valence-electron chi connectivity index (χ4n) is 3.05. The first-order valence-corrected chi connectivity index (χ1v) is 7.47. The van der Waals surface area contributed by atoms with Gasteiger partial charge in [-0.25, -0.2) is 0 Å². The molecule has 2 aliphatic rings. The molecule has 0 saturated heterocycles. The second kappa shape index (κ2) is 5.59. The molecule has 3 nitrogen and oxygen atoms in total. The van der Waals surface area contributed by atoms with Gasteiger partial charge in [-0.2, -0.15) is 5.26 Å². The molecule has 0 amide bonds. The summed E-state index contributed by atoms with van der Waals surface area (Å²) in [6.45, 7) is 5.72. The van der Waals surface area contributed by atoms with Crippen LogP contribution in [0.25, 0.3) is 0 Å². The third-order valence-electron chi connectivity index (χ3n) is 4.68. The van der Waals surface area contributed by atoms with Crippen LogP contribution in [0, 0.1) is 17.2 Å². The van der Waals surface area contributed by atoms with Gasteiger partial charge in [0.05, 0.1) is 6.07 Å². The average molecular weight is 249 g/mol. The van der Waals surface area contributed by atoms with Crippen molar-refractivity contribution in [1.29, 1.82) is 5.26 Å². The zero-order valence-corrected chi connectivity index (χ0v) is 12.1. The summed E-state index contributed by atoms with van der Waals surface area (Å²) >= 11 is 0. The van der Waals surface area contributed by atoms with Gasteiger partial charge in [-0.15, -0.1) is 0 Å². The highest BCUT2D eigenvalue weighted by molar-refractivity contribution is 5.15. The maximum absolute atomic E-state index is 9.49. The topological polar surface area (TPSA) is 39.1 Å². The summed E-state index contributed by atoms with van der Waals surface area (Å²) in [5, 5.41) is 13.1. The Morgan fingerprint density at radius 3 is 2.72 bits per heavy atom. The molecule has 0 aromatic rings. The Hall–Kier alpha value is -0.590. The minimum absolute atomic E-state index is 0.227. The molecule has 3 heteroatoms. The van der Waals surface area contributed by atoms with E-state index in [1.807, 2.05) is 0 Å². The molecular formula is C15H27N3. The molecule has 1 N–H and O–H groups in total. The molecule has 0 heterocycles. The van der Waals surface area contributed by atoms with Gasteiger partial charge in [0.1, 0.15) is 5.54 Å². The maximum Gasteiger partial charge on any atom is 0.108 e. The second-order valence-electron chi connectivity index (χ2n) is 6.46. The highest BCUT2D eigenvalue weighted by Gasteiger charge is 2.43. The molecular weight excluding hydrogens is 222 g/mol. The fourth-order valence-corrected chi connectivity index (χ4v) is 3.05. The van der Waals surface area contributed by atoms with Gasteiger partial charge in [-0.3, -0.25) is 5.32 Å². The number of nitrogens with one attached hydrogen (secondary N) is 1. The first kappa shape index (κ1) is 13.8. The van der Waals surface area contributed by atoms with E-state index in [1.54, 1.807) is 0 Å². The smallest absolute Gasteiger partial charge is 0.108 e. The van der Waals surface area contributed by atoms with Gasteiger partial charge in [0, 0.05) is 18.6 Å². The summed E-state index contributed by atoms with van der Waals surface area (Å²) in [7, 11) is 2.22. The van der Waals surface area contributed by atoms with Crippen LogP contribution >= 0.6 is 0 Å². The lowest BCUT2D eigenvalue weighted by Gasteiger charge is -2.29. The zero-order valence-electron chi connectivity index (χ0n) is 12.1. The summed E-state index contributed by atoms with van der Waals surface area (Å²) < 4.78 is 0. The van der Waals surface area contributed by atoms with Crippen LogP contribution in [-0.2, 0) is 0 Å². The van der Waals surface area contributed by atoms with E-state index in [4.69, 9.17) is 0 Å². The van der Waals surface area contributed by atoms with Gasteiger partial charge in [0.2, 0.25) is 0 Å². The van der Waals surface area contributed by atoms with Crippen molar-refractivity contribution in [3.05, 3.63) is 0 Å². The molecule has 3 atom stereocenters. The van der Waals surface area contributed by atoms with Crippen molar-refractivity contribution in [1.82, 2.24) is 10.2 Å². The maximum atomic E-state index is 9.49. The van der Waals surface area contributed by atoms with Crippen molar-refractivity contribution in [3.8, 4) is 6.07 Å². The summed E-state index contributed by atoms with van der Waals surface area (Å²) in [4.78, 5) is 2.47. The van der Waals surface area contributed by atoms with Gasteiger partial charge in [0.25, 0.3) is 0 Å². The third kappa shape index (κ3) is 3.24. The Balaban J connectivity index is 1.87. The molecule has 0 bridgehead atoms. The number of nitrogens with zero attached hydrogens (tertiary/aromatic N) is 2. The molecule has 0 aliphatic heterocycles. The van der Waals surface area contributed by atoms with Crippen LogP contribution in [0.5, 0.6) is 0 Å². The Kier molecular flexibility index (Phi) is 4.29. The molecule has 0 aromatic carbocycles. The van der Waals surface area contributed by atoms with Gasteiger partial charge >= 0.3 is 0 Å². The summed E-state index contributed by atoms with van der Waals surface area (Å²) in [6, 6.07) is 3.78. The van der Waals surface area contributed by atoms with Crippen molar-refractivity contribution in [2.75, 3.05) is 13.6 Å². The normalized spacial score (nSPS) is 33.6. The minimum Gasteiger partial charge on any atom is -0.303 e. The number of rotatable bonds is 6. The molecule has 0 radical (unpaired) electrons. The van der Waals surface area contributed by atoms with E-state index in [0.29, 0.717) is 12.1 Å². The Morgan fingerprint density at radius 2 is 2.17 bits per heavy atom. The molecule has 2 rings (SSSR count). The van der Waals surface area contributed by atoms with Crippen LogP contribution in [0.2, 0.25) is 0 Å². The molecule has 2 aliphatic carbocycles. The Bertz CT molecular complexity index is 318. The summed E-state index contributed by atoms with van der Waals surface area (Å²) in [5.74, 6) is 0.753. The molecule has 3 unspecified atom stereocenters. The molecule has 102 valence electrons. The van der Waals surface area contributed by atoms with Crippen LogP contribution in [-0.4, -0.2) is 36.1 Å². The zero-order chi connectivity index (χ0) is 13.2. The standard InChI is InChI=1S/C15H27N3/c1-4-12(2)10-18(3)14-7-8-15(9-14,11-16)17-13-5-6-13/h12-14,17H,4-10H2,1-3H3. The van der Waals surface area contributed by atoms with E-state index >= 15 is 0 Å². The predicted octanol–water partition coefficient (Wildman–Crippen LogP) is 2.53. The van der Waals surface area contributed by atoms with E-state index in [1.165, 1.54) is 25.7 Å². The quantitative estimate of drug-likeness (QED) is 0.786. The van der Waals surface area contributed by atoms with Crippen molar-refractivity contribution in [3.63, 3.8) is 0 Å². The van der Waals surface area contributed by atoms with Gasteiger partial charge in [0.15, 0.2) is 0 Å². The van der Waals surface area contributed by atoms with Crippen molar-refractivity contribution in [2.45, 2.75) is 70.0 Å². The van der Waals surface area contributed by atoms with Crippen LogP contribution in [0.15, 0.2) is 0 Å². The van der Waals surface area contributed by atoms with Gasteiger partial charge in [-0.05, 0) is 45.1 Å². The van der Waals surface area contributed by atoms with Crippen molar-refractivity contribution in [2.24, 2.45) is 5.92 Å². The largest absolute Gasteiger partial charge is 0.303 e. The minimum atomic E-state index is -0.227. The van der Waals surface area contributed by atoms with Crippen LogP contribution in [0.3, 0.4) is 0 Å². The van der Waals surface area contributed by atoms with E-state index in [-0.39, 0.29) is 5.54 Å². The third-order valence-corrected chi connectivity index (χ3v) is 4.68. The lowest BCUT2D eigenvalue weighted by atomic mass is 9.99. The second-order valence-corrected chi connectivity index (χ2v) is 6.46. The lowest BCUT2D eigenvalue weighted by Crippen LogP contribution is -2.45. The van der Waals surface area contributed by atoms with Crippen molar-refractivity contribution >= 4 is 0 Å². The summed E-state index contributed by atoms with van der Waals surface area (Å²) in [6.07, 6.45) is 6.96. The molecule has 2 saturated carbocycles. The predicted molar refractivity (Wildman–Crippen MR) is 74.2 cm³/mol. The number of nitriles is 1. The van der Waals surface area contributed by atoms with E-state index in [2.05, 4.69) is 37.2 Å². The van der Waals surface area contributed by atoms with E-state index in [9.17, 15) is 5.26 Å².